The molecule has 0 bridgehead atoms. The fraction of sp³-hybridized carbons (Fsp3) is 0.214. The van der Waals surface area contributed by atoms with Gasteiger partial charge in [-0.05, 0) is 81.8 Å². The fourth-order valence-corrected chi connectivity index (χ4v) is 5.00. The SMILES string of the molecule is Cc1nc2cc(Oc3ccc(Nc4ncnc5ccc(/N=C6/NC(C)(C)CO6)cc45)cc3C)ccc2s1. The largest absolute Gasteiger partial charge is 0.463 e. The quantitative estimate of drug-likeness (QED) is 0.269. The number of nitrogens with zero attached hydrogens (tertiary/aromatic N) is 4. The smallest absolute Gasteiger partial charge is 0.290 e. The zero-order valence-corrected chi connectivity index (χ0v) is 21.8. The maximum atomic E-state index is 6.17. The molecule has 8 nitrogen and oxygen atoms in total. The number of thiazole rings is 1. The minimum absolute atomic E-state index is 0.133. The zero-order valence-electron chi connectivity index (χ0n) is 21.0. The van der Waals surface area contributed by atoms with Crippen molar-refractivity contribution < 1.29 is 9.47 Å². The van der Waals surface area contributed by atoms with Gasteiger partial charge in [-0.25, -0.2) is 15.0 Å². The molecule has 2 aromatic heterocycles. The molecule has 1 aliphatic heterocycles. The van der Waals surface area contributed by atoms with E-state index < -0.39 is 0 Å². The summed E-state index contributed by atoms with van der Waals surface area (Å²) < 4.78 is 13.0. The van der Waals surface area contributed by atoms with E-state index in [1.54, 1.807) is 17.7 Å². The highest BCUT2D eigenvalue weighted by molar-refractivity contribution is 7.18. The van der Waals surface area contributed by atoms with Gasteiger partial charge in [0, 0.05) is 17.1 Å². The zero-order chi connectivity index (χ0) is 25.6. The monoisotopic (exact) mass is 510 g/mol. The molecule has 1 saturated heterocycles. The number of hydrogen-bond acceptors (Lipinski definition) is 8. The number of hydrogen-bond donors (Lipinski definition) is 2. The Morgan fingerprint density at radius 1 is 1.03 bits per heavy atom. The lowest BCUT2D eigenvalue weighted by Gasteiger charge is -2.13. The van der Waals surface area contributed by atoms with E-state index in [0.717, 1.165) is 54.6 Å². The number of aryl methyl sites for hydroxylation is 2. The highest BCUT2D eigenvalue weighted by atomic mass is 32.1. The molecule has 0 spiro atoms. The van der Waals surface area contributed by atoms with Gasteiger partial charge in [0.25, 0.3) is 6.02 Å². The Labute approximate surface area is 218 Å². The normalized spacial score (nSPS) is 15.6. The van der Waals surface area contributed by atoms with E-state index in [1.165, 1.54) is 0 Å². The van der Waals surface area contributed by atoms with Crippen LogP contribution in [0.3, 0.4) is 0 Å². The summed E-state index contributed by atoms with van der Waals surface area (Å²) in [5.74, 6) is 2.25. The van der Waals surface area contributed by atoms with Gasteiger partial charge in [0.2, 0.25) is 0 Å². The first-order valence-electron chi connectivity index (χ1n) is 12.0. The highest BCUT2D eigenvalue weighted by Crippen LogP contribution is 2.33. The van der Waals surface area contributed by atoms with Crippen LogP contribution in [-0.4, -0.2) is 33.1 Å². The van der Waals surface area contributed by atoms with Crippen molar-refractivity contribution in [2.75, 3.05) is 11.9 Å². The summed E-state index contributed by atoms with van der Waals surface area (Å²) in [4.78, 5) is 18.1. The van der Waals surface area contributed by atoms with Gasteiger partial charge in [-0.2, -0.15) is 4.99 Å². The molecule has 0 atom stereocenters. The minimum Gasteiger partial charge on any atom is -0.463 e. The Morgan fingerprint density at radius 2 is 1.92 bits per heavy atom. The molecular weight excluding hydrogens is 484 g/mol. The second-order valence-corrected chi connectivity index (χ2v) is 10.9. The van der Waals surface area contributed by atoms with E-state index in [9.17, 15) is 0 Å². The molecule has 186 valence electrons. The first-order valence-corrected chi connectivity index (χ1v) is 12.8. The molecule has 3 heterocycles. The molecule has 3 aromatic carbocycles. The third-order valence-corrected chi connectivity index (χ3v) is 6.95. The van der Waals surface area contributed by atoms with Crippen LogP contribution in [0, 0.1) is 13.8 Å². The van der Waals surface area contributed by atoms with E-state index >= 15 is 0 Å². The van der Waals surface area contributed by atoms with E-state index in [1.807, 2.05) is 62.4 Å². The summed E-state index contributed by atoms with van der Waals surface area (Å²) in [6, 6.07) is 18.3. The van der Waals surface area contributed by atoms with Crippen LogP contribution < -0.4 is 15.4 Å². The van der Waals surface area contributed by atoms with Crippen LogP contribution in [0.25, 0.3) is 21.1 Å². The van der Waals surface area contributed by atoms with Crippen molar-refractivity contribution in [3.8, 4) is 11.5 Å². The van der Waals surface area contributed by atoms with Gasteiger partial charge in [0.15, 0.2) is 0 Å². The van der Waals surface area contributed by atoms with E-state index in [2.05, 4.69) is 50.5 Å². The highest BCUT2D eigenvalue weighted by Gasteiger charge is 2.28. The molecule has 1 fully saturated rings. The lowest BCUT2D eigenvalue weighted by Crippen LogP contribution is -2.36. The van der Waals surface area contributed by atoms with Gasteiger partial charge < -0.3 is 20.1 Å². The predicted molar refractivity (Wildman–Crippen MR) is 149 cm³/mol. The number of benzene rings is 3. The summed E-state index contributed by atoms with van der Waals surface area (Å²) in [6.07, 6.45) is 1.56. The molecule has 0 radical (unpaired) electrons. The summed E-state index contributed by atoms with van der Waals surface area (Å²) >= 11 is 1.68. The van der Waals surface area contributed by atoms with E-state index in [0.29, 0.717) is 18.4 Å². The molecule has 9 heteroatoms. The van der Waals surface area contributed by atoms with Crippen LogP contribution >= 0.6 is 11.3 Å². The van der Waals surface area contributed by atoms with Crippen molar-refractivity contribution in [3.63, 3.8) is 0 Å². The van der Waals surface area contributed by atoms with Crippen LogP contribution in [0.4, 0.5) is 17.2 Å². The standard InChI is InChI=1S/C28H26N6O2S/c1-16-11-18(6-9-24(16)36-20-7-10-25-23(13-20)31-17(2)37-25)32-26-21-12-19(5-8-22(21)29-15-30-26)33-27-34-28(3,4)14-35-27/h5-13,15H,14H2,1-4H3,(H,33,34)(H,29,30,32). The lowest BCUT2D eigenvalue weighted by atomic mass is 10.1. The fourth-order valence-electron chi connectivity index (χ4n) is 4.19. The lowest BCUT2D eigenvalue weighted by molar-refractivity contribution is 0.288. The molecule has 37 heavy (non-hydrogen) atoms. The number of fused-ring (bicyclic) bond motifs is 2. The van der Waals surface area contributed by atoms with Crippen molar-refractivity contribution in [1.29, 1.82) is 0 Å². The number of aliphatic imine (C=N–C) groups is 1. The predicted octanol–water partition coefficient (Wildman–Crippen LogP) is 6.78. The number of anilines is 2. The van der Waals surface area contributed by atoms with Crippen molar-refractivity contribution in [1.82, 2.24) is 20.3 Å². The maximum absolute atomic E-state index is 6.17. The number of amidine groups is 1. The molecule has 2 N–H and O–H groups in total. The topological polar surface area (TPSA) is 93.5 Å². The van der Waals surface area contributed by atoms with Crippen LogP contribution in [0.15, 0.2) is 65.9 Å². The maximum Gasteiger partial charge on any atom is 0.290 e. The summed E-state index contributed by atoms with van der Waals surface area (Å²) in [5.41, 5.74) is 4.30. The van der Waals surface area contributed by atoms with Crippen molar-refractivity contribution in [2.24, 2.45) is 4.99 Å². The number of aromatic nitrogens is 3. The Balaban J connectivity index is 1.24. The van der Waals surface area contributed by atoms with Gasteiger partial charge in [-0.3, -0.25) is 0 Å². The van der Waals surface area contributed by atoms with Crippen LogP contribution in [0.5, 0.6) is 11.5 Å². The van der Waals surface area contributed by atoms with Crippen molar-refractivity contribution in [2.45, 2.75) is 33.2 Å². The Bertz CT molecular complexity index is 1680. The second kappa shape index (κ2) is 9.01. The molecular formula is C28H26N6O2S. The molecule has 0 unspecified atom stereocenters. The van der Waals surface area contributed by atoms with E-state index in [4.69, 9.17) is 9.47 Å². The Hall–Kier alpha value is -4.24. The third kappa shape index (κ3) is 4.90. The average molecular weight is 511 g/mol. The summed E-state index contributed by atoms with van der Waals surface area (Å²) in [5, 5.41) is 8.63. The molecule has 6 rings (SSSR count). The van der Waals surface area contributed by atoms with Crippen LogP contribution in [0.1, 0.15) is 24.4 Å². The third-order valence-electron chi connectivity index (χ3n) is 6.00. The molecule has 0 amide bonds. The first kappa shape index (κ1) is 23.2. The number of ether oxygens (including phenoxy) is 2. The van der Waals surface area contributed by atoms with Crippen molar-refractivity contribution in [3.05, 3.63) is 71.5 Å². The molecule has 1 aliphatic rings. The van der Waals surface area contributed by atoms with Gasteiger partial charge in [-0.15, -0.1) is 11.3 Å². The van der Waals surface area contributed by atoms with Gasteiger partial charge in [0.1, 0.15) is 30.3 Å². The number of rotatable bonds is 5. The van der Waals surface area contributed by atoms with Gasteiger partial charge in [-0.1, -0.05) is 0 Å². The minimum atomic E-state index is -0.133. The van der Waals surface area contributed by atoms with Crippen LogP contribution in [0.2, 0.25) is 0 Å². The Morgan fingerprint density at radius 3 is 2.73 bits per heavy atom. The van der Waals surface area contributed by atoms with E-state index in [-0.39, 0.29) is 5.54 Å². The molecule has 5 aromatic rings. The van der Waals surface area contributed by atoms with Crippen LogP contribution in [-0.2, 0) is 4.74 Å². The summed E-state index contributed by atoms with van der Waals surface area (Å²) in [6.45, 7) is 8.76. The van der Waals surface area contributed by atoms with Gasteiger partial charge in [0.05, 0.1) is 32.0 Å². The van der Waals surface area contributed by atoms with Gasteiger partial charge >= 0.3 is 0 Å². The first-order chi connectivity index (χ1) is 17.8. The summed E-state index contributed by atoms with van der Waals surface area (Å²) in [7, 11) is 0. The van der Waals surface area contributed by atoms with Crippen molar-refractivity contribution >= 4 is 55.7 Å². The second-order valence-electron chi connectivity index (χ2n) is 9.71. The Kier molecular flexibility index (Phi) is 5.64. The molecule has 0 aliphatic carbocycles. The molecule has 0 saturated carbocycles. The number of nitrogens with one attached hydrogen (secondary N) is 2. The average Bonchev–Trinajstić information content (AvgIpc) is 3.40.